The number of hydrogen-bond acceptors (Lipinski definition) is 4. The van der Waals surface area contributed by atoms with E-state index in [2.05, 4.69) is 27.4 Å². The molecule has 6 heteroatoms. The lowest BCUT2D eigenvalue weighted by Crippen LogP contribution is -2.43. The van der Waals surface area contributed by atoms with Crippen LogP contribution in [-0.4, -0.2) is 35.3 Å². The van der Waals surface area contributed by atoms with Gasteiger partial charge in [-0.05, 0) is 31.2 Å². The van der Waals surface area contributed by atoms with Crippen LogP contribution in [0.25, 0.3) is 0 Å². The second-order valence-electron chi connectivity index (χ2n) is 6.84. The summed E-state index contributed by atoms with van der Waals surface area (Å²) < 4.78 is 1.31. The van der Waals surface area contributed by atoms with Crippen LogP contribution in [0.3, 0.4) is 0 Å². The van der Waals surface area contributed by atoms with Gasteiger partial charge in [-0.1, -0.05) is 30.3 Å². The number of aryl methyl sites for hydroxylation is 2. The number of rotatable bonds is 6. The van der Waals surface area contributed by atoms with Crippen LogP contribution in [-0.2, 0) is 18.3 Å². The third-order valence-corrected chi connectivity index (χ3v) is 4.90. The molecule has 1 atom stereocenters. The predicted octanol–water partition coefficient (Wildman–Crippen LogP) is 1.75. The number of nitrogens with one attached hydrogen (secondary N) is 1. The first-order valence-electron chi connectivity index (χ1n) is 9.23. The maximum Gasteiger partial charge on any atom is 0.268 e. The van der Waals surface area contributed by atoms with Crippen molar-refractivity contribution in [1.29, 1.82) is 0 Å². The zero-order valence-corrected chi connectivity index (χ0v) is 15.2. The second-order valence-corrected chi connectivity index (χ2v) is 6.84. The minimum atomic E-state index is -0.130. The lowest BCUT2D eigenvalue weighted by atomic mass is 9.96. The summed E-state index contributed by atoms with van der Waals surface area (Å²) in [5.74, 6) is 0.0732. The predicted molar refractivity (Wildman–Crippen MR) is 102 cm³/mol. The molecule has 0 spiro atoms. The lowest BCUT2D eigenvalue weighted by Gasteiger charge is -2.33. The first kappa shape index (κ1) is 18.2. The van der Waals surface area contributed by atoms with Crippen LogP contribution in [0, 0.1) is 5.92 Å². The molecule has 3 rings (SSSR count). The van der Waals surface area contributed by atoms with E-state index in [1.54, 1.807) is 19.3 Å². The molecule has 0 bridgehead atoms. The van der Waals surface area contributed by atoms with Crippen molar-refractivity contribution < 1.29 is 4.79 Å². The SMILES string of the molecule is Cn1ncc(N2CCCC(C(=O)NCCCc3ccccc3)C2)cc1=O. The highest BCUT2D eigenvalue weighted by Crippen LogP contribution is 2.21. The van der Waals surface area contributed by atoms with E-state index >= 15 is 0 Å². The first-order valence-corrected chi connectivity index (χ1v) is 9.23. The van der Waals surface area contributed by atoms with Crippen LogP contribution in [0.5, 0.6) is 0 Å². The molecule has 1 fully saturated rings. The Balaban J connectivity index is 1.48. The van der Waals surface area contributed by atoms with Gasteiger partial charge in [0, 0.05) is 32.7 Å². The molecule has 0 aliphatic carbocycles. The van der Waals surface area contributed by atoms with Crippen molar-refractivity contribution in [3.63, 3.8) is 0 Å². The van der Waals surface area contributed by atoms with Crippen molar-refractivity contribution in [3.8, 4) is 0 Å². The number of benzene rings is 1. The fraction of sp³-hybridized carbons (Fsp3) is 0.450. The molecule has 1 unspecified atom stereocenters. The maximum absolute atomic E-state index is 12.5. The van der Waals surface area contributed by atoms with Gasteiger partial charge >= 0.3 is 0 Å². The molecule has 2 heterocycles. The topological polar surface area (TPSA) is 67.2 Å². The number of nitrogens with zero attached hydrogens (tertiary/aromatic N) is 3. The van der Waals surface area contributed by atoms with E-state index in [1.807, 2.05) is 18.2 Å². The standard InChI is InChI=1S/C20H26N4O2/c1-23-19(25)13-18(14-22-23)24-12-6-10-17(15-24)20(26)21-11-5-9-16-7-3-2-4-8-16/h2-4,7-8,13-14,17H,5-6,9-12,15H2,1H3,(H,21,26). The summed E-state index contributed by atoms with van der Waals surface area (Å²) in [6, 6.07) is 11.9. The third-order valence-electron chi connectivity index (χ3n) is 4.90. The molecule has 1 aliphatic rings. The van der Waals surface area contributed by atoms with Gasteiger partial charge in [0.05, 0.1) is 17.8 Å². The van der Waals surface area contributed by atoms with E-state index in [0.717, 1.165) is 37.9 Å². The van der Waals surface area contributed by atoms with Crippen LogP contribution in [0.1, 0.15) is 24.8 Å². The van der Waals surface area contributed by atoms with Gasteiger partial charge in [-0.3, -0.25) is 9.59 Å². The fourth-order valence-electron chi connectivity index (χ4n) is 3.35. The Morgan fingerprint density at radius 3 is 2.88 bits per heavy atom. The van der Waals surface area contributed by atoms with E-state index in [9.17, 15) is 9.59 Å². The van der Waals surface area contributed by atoms with Gasteiger partial charge in [-0.25, -0.2) is 4.68 Å². The Morgan fingerprint density at radius 2 is 2.12 bits per heavy atom. The molecule has 1 amide bonds. The van der Waals surface area contributed by atoms with Gasteiger partial charge in [-0.15, -0.1) is 0 Å². The van der Waals surface area contributed by atoms with Crippen LogP contribution in [0.15, 0.2) is 47.4 Å². The minimum Gasteiger partial charge on any atom is -0.369 e. The van der Waals surface area contributed by atoms with Gasteiger partial charge in [0.1, 0.15) is 0 Å². The van der Waals surface area contributed by atoms with E-state index < -0.39 is 0 Å². The third kappa shape index (κ3) is 4.71. The molecule has 138 valence electrons. The Bertz CT molecular complexity index is 788. The zero-order chi connectivity index (χ0) is 18.4. The molecule has 1 N–H and O–H groups in total. The van der Waals surface area contributed by atoms with Gasteiger partial charge in [0.25, 0.3) is 5.56 Å². The smallest absolute Gasteiger partial charge is 0.268 e. The van der Waals surface area contributed by atoms with Crippen molar-refractivity contribution in [2.45, 2.75) is 25.7 Å². The molecule has 6 nitrogen and oxygen atoms in total. The van der Waals surface area contributed by atoms with Crippen molar-refractivity contribution in [2.24, 2.45) is 13.0 Å². The van der Waals surface area contributed by atoms with Crippen molar-refractivity contribution in [2.75, 3.05) is 24.5 Å². The van der Waals surface area contributed by atoms with Crippen molar-refractivity contribution in [1.82, 2.24) is 15.1 Å². The van der Waals surface area contributed by atoms with E-state index in [4.69, 9.17) is 0 Å². The highest BCUT2D eigenvalue weighted by Gasteiger charge is 2.26. The molecule has 1 aromatic carbocycles. The first-order chi connectivity index (χ1) is 12.6. The highest BCUT2D eigenvalue weighted by molar-refractivity contribution is 5.79. The summed E-state index contributed by atoms with van der Waals surface area (Å²) >= 11 is 0. The number of carbonyl (C=O) groups is 1. The van der Waals surface area contributed by atoms with Crippen LogP contribution in [0.4, 0.5) is 5.69 Å². The normalized spacial score (nSPS) is 17.1. The molecule has 0 radical (unpaired) electrons. The monoisotopic (exact) mass is 354 g/mol. The number of carbonyl (C=O) groups excluding carboxylic acids is 1. The van der Waals surface area contributed by atoms with Gasteiger partial charge < -0.3 is 10.2 Å². The lowest BCUT2D eigenvalue weighted by molar-refractivity contribution is -0.125. The number of anilines is 1. The molecular formula is C20H26N4O2. The highest BCUT2D eigenvalue weighted by atomic mass is 16.2. The van der Waals surface area contributed by atoms with Crippen molar-refractivity contribution in [3.05, 3.63) is 58.5 Å². The number of aromatic nitrogens is 2. The molecule has 2 aromatic rings. The summed E-state index contributed by atoms with van der Waals surface area (Å²) in [6.07, 6.45) is 5.43. The molecule has 1 saturated heterocycles. The Morgan fingerprint density at radius 1 is 1.31 bits per heavy atom. The molecule has 0 saturated carbocycles. The van der Waals surface area contributed by atoms with Gasteiger partial charge in [-0.2, -0.15) is 5.10 Å². The average Bonchev–Trinajstić information content (AvgIpc) is 2.68. The quantitative estimate of drug-likeness (QED) is 0.803. The van der Waals surface area contributed by atoms with Gasteiger partial charge in [0.15, 0.2) is 0 Å². The molecule has 1 aromatic heterocycles. The Kier molecular flexibility index (Phi) is 6.04. The van der Waals surface area contributed by atoms with Crippen LogP contribution in [0.2, 0.25) is 0 Å². The summed E-state index contributed by atoms with van der Waals surface area (Å²) in [5.41, 5.74) is 1.97. The maximum atomic E-state index is 12.5. The summed E-state index contributed by atoms with van der Waals surface area (Å²) in [5, 5.41) is 7.14. The minimum absolute atomic E-state index is 0.0375. The molecular weight excluding hydrogens is 328 g/mol. The Hall–Kier alpha value is -2.63. The number of piperidine rings is 1. The fourth-order valence-corrected chi connectivity index (χ4v) is 3.35. The zero-order valence-electron chi connectivity index (χ0n) is 15.2. The van der Waals surface area contributed by atoms with Crippen molar-refractivity contribution >= 4 is 11.6 Å². The second kappa shape index (κ2) is 8.65. The van der Waals surface area contributed by atoms with Gasteiger partial charge in [0.2, 0.25) is 5.91 Å². The molecule has 26 heavy (non-hydrogen) atoms. The van der Waals surface area contributed by atoms with Crippen LogP contribution >= 0.6 is 0 Å². The Labute approximate surface area is 153 Å². The largest absolute Gasteiger partial charge is 0.369 e. The van der Waals surface area contributed by atoms with E-state index in [-0.39, 0.29) is 17.4 Å². The summed E-state index contributed by atoms with van der Waals surface area (Å²) in [7, 11) is 1.63. The molecule has 1 aliphatic heterocycles. The number of amides is 1. The average molecular weight is 354 g/mol. The number of hydrogen-bond donors (Lipinski definition) is 1. The van der Waals surface area contributed by atoms with E-state index in [1.165, 1.54) is 10.2 Å². The van der Waals surface area contributed by atoms with E-state index in [0.29, 0.717) is 13.1 Å². The van der Waals surface area contributed by atoms with Crippen LogP contribution < -0.4 is 15.8 Å². The summed E-state index contributed by atoms with van der Waals surface area (Å²) in [6.45, 7) is 2.18. The summed E-state index contributed by atoms with van der Waals surface area (Å²) in [4.78, 5) is 26.4.